The number of benzene rings is 2. The van der Waals surface area contributed by atoms with Crippen molar-refractivity contribution in [1.29, 1.82) is 0 Å². The number of hydrogen-bond donors (Lipinski definition) is 1. The fraction of sp³-hybridized carbons (Fsp3) is 0.263. The molecule has 0 saturated heterocycles. The van der Waals surface area contributed by atoms with E-state index in [2.05, 4.69) is 29.4 Å². The van der Waals surface area contributed by atoms with Crippen LogP contribution >= 0.6 is 11.3 Å². The fourth-order valence-corrected chi connectivity index (χ4v) is 3.91. The van der Waals surface area contributed by atoms with E-state index < -0.39 is 0 Å². The lowest BCUT2D eigenvalue weighted by Gasteiger charge is -2.15. The van der Waals surface area contributed by atoms with E-state index in [1.807, 2.05) is 30.3 Å². The summed E-state index contributed by atoms with van der Waals surface area (Å²) in [6.07, 6.45) is 1.78. The molecular weight excluding hydrogens is 320 g/mol. The Kier molecular flexibility index (Phi) is 3.53. The predicted molar refractivity (Wildman–Crippen MR) is 96.9 cm³/mol. The number of ether oxygens (including phenoxy) is 1. The number of aryl methyl sites for hydroxylation is 1. The van der Waals surface area contributed by atoms with E-state index in [9.17, 15) is 4.79 Å². The molecule has 1 amide bonds. The van der Waals surface area contributed by atoms with Crippen LogP contribution < -0.4 is 10.1 Å². The van der Waals surface area contributed by atoms with Crippen molar-refractivity contribution in [2.75, 3.05) is 12.4 Å². The number of carbonyl (C=O) groups excluding carboxylic acids is 1. The molecule has 1 aliphatic carbocycles. The average Bonchev–Trinajstić information content (AvgIpc) is 3.30. The zero-order valence-electron chi connectivity index (χ0n) is 13.6. The molecule has 0 radical (unpaired) electrons. The Labute approximate surface area is 144 Å². The van der Waals surface area contributed by atoms with Gasteiger partial charge in [0, 0.05) is 0 Å². The molecule has 122 valence electrons. The molecule has 24 heavy (non-hydrogen) atoms. The summed E-state index contributed by atoms with van der Waals surface area (Å²) in [5.74, 6) is 0.835. The van der Waals surface area contributed by atoms with Gasteiger partial charge in [-0.15, -0.1) is 0 Å². The number of fused-ring (bicyclic) bond motifs is 1. The monoisotopic (exact) mass is 338 g/mol. The first-order valence-corrected chi connectivity index (χ1v) is 8.75. The average molecular weight is 338 g/mol. The van der Waals surface area contributed by atoms with Crippen LogP contribution in [-0.4, -0.2) is 18.0 Å². The van der Waals surface area contributed by atoms with Crippen LogP contribution in [0.5, 0.6) is 5.75 Å². The van der Waals surface area contributed by atoms with Gasteiger partial charge in [-0.05, 0) is 43.5 Å². The quantitative estimate of drug-likeness (QED) is 0.772. The third kappa shape index (κ3) is 2.55. The second-order valence-corrected chi connectivity index (χ2v) is 7.29. The summed E-state index contributed by atoms with van der Waals surface area (Å²) in [4.78, 5) is 17.4. The number of nitrogens with zero attached hydrogens (tertiary/aromatic N) is 1. The summed E-state index contributed by atoms with van der Waals surface area (Å²) in [6.45, 7) is 2.05. The molecule has 1 saturated carbocycles. The highest BCUT2D eigenvalue weighted by Crippen LogP contribution is 2.49. The number of rotatable bonds is 4. The molecule has 5 heteroatoms. The molecule has 1 heterocycles. The first kappa shape index (κ1) is 15.1. The minimum Gasteiger partial charge on any atom is -0.497 e. The maximum atomic E-state index is 12.8. The van der Waals surface area contributed by atoms with Crippen LogP contribution in [-0.2, 0) is 10.2 Å². The lowest BCUT2D eigenvalue weighted by atomic mass is 9.94. The smallest absolute Gasteiger partial charge is 0.236 e. The molecule has 0 spiro atoms. The number of aromatic nitrogens is 1. The summed E-state index contributed by atoms with van der Waals surface area (Å²) in [6, 6.07) is 14.0. The van der Waals surface area contributed by atoms with Crippen molar-refractivity contribution >= 4 is 32.6 Å². The molecule has 2 aromatic carbocycles. The second-order valence-electron chi connectivity index (χ2n) is 6.26. The van der Waals surface area contributed by atoms with Gasteiger partial charge in [-0.3, -0.25) is 4.79 Å². The minimum atomic E-state index is -0.387. The Morgan fingerprint density at radius 1 is 1.25 bits per heavy atom. The molecule has 4 nitrogen and oxygen atoms in total. The summed E-state index contributed by atoms with van der Waals surface area (Å²) >= 11 is 1.47. The first-order valence-electron chi connectivity index (χ1n) is 7.94. The van der Waals surface area contributed by atoms with Crippen molar-refractivity contribution < 1.29 is 9.53 Å². The molecule has 0 atom stereocenters. The van der Waals surface area contributed by atoms with Crippen molar-refractivity contribution in [3.63, 3.8) is 0 Å². The molecule has 0 bridgehead atoms. The predicted octanol–water partition coefficient (Wildman–Crippen LogP) is 4.28. The molecule has 1 N–H and O–H groups in total. The lowest BCUT2D eigenvalue weighted by Crippen LogP contribution is -2.27. The summed E-state index contributed by atoms with van der Waals surface area (Å²) in [5, 5.41) is 3.66. The number of methoxy groups -OCH3 is 1. The van der Waals surface area contributed by atoms with Gasteiger partial charge >= 0.3 is 0 Å². The van der Waals surface area contributed by atoms with Crippen LogP contribution in [0.4, 0.5) is 5.13 Å². The van der Waals surface area contributed by atoms with Crippen LogP contribution in [0.15, 0.2) is 42.5 Å². The summed E-state index contributed by atoms with van der Waals surface area (Å²) in [7, 11) is 1.64. The third-order valence-corrected chi connectivity index (χ3v) is 5.50. The normalized spacial score (nSPS) is 15.2. The number of amides is 1. The van der Waals surface area contributed by atoms with Gasteiger partial charge < -0.3 is 10.1 Å². The molecule has 4 rings (SSSR count). The third-order valence-electron chi connectivity index (χ3n) is 4.57. The van der Waals surface area contributed by atoms with E-state index in [4.69, 9.17) is 4.74 Å². The van der Waals surface area contributed by atoms with Crippen molar-refractivity contribution in [3.8, 4) is 5.75 Å². The van der Waals surface area contributed by atoms with Gasteiger partial charge in [-0.1, -0.05) is 41.2 Å². The molecule has 3 aromatic rings. The van der Waals surface area contributed by atoms with Gasteiger partial charge in [0.2, 0.25) is 5.91 Å². The van der Waals surface area contributed by atoms with E-state index in [1.165, 1.54) is 16.9 Å². The van der Waals surface area contributed by atoms with Crippen LogP contribution in [0.25, 0.3) is 10.2 Å². The second kappa shape index (κ2) is 5.60. The first-order chi connectivity index (χ1) is 11.6. The Balaban J connectivity index is 1.60. The van der Waals surface area contributed by atoms with Gasteiger partial charge in [0.05, 0.1) is 22.7 Å². The Hall–Kier alpha value is -2.40. The lowest BCUT2D eigenvalue weighted by molar-refractivity contribution is -0.118. The molecular formula is C19H18N2O2S. The van der Waals surface area contributed by atoms with E-state index in [-0.39, 0.29) is 11.3 Å². The highest BCUT2D eigenvalue weighted by Gasteiger charge is 2.51. The summed E-state index contributed by atoms with van der Waals surface area (Å²) < 4.78 is 6.24. The molecule has 1 aromatic heterocycles. The molecule has 0 aliphatic heterocycles. The highest BCUT2D eigenvalue weighted by molar-refractivity contribution is 7.22. The fourth-order valence-electron chi connectivity index (χ4n) is 3.02. The Morgan fingerprint density at radius 2 is 2.08 bits per heavy atom. The van der Waals surface area contributed by atoms with Gasteiger partial charge in [0.25, 0.3) is 0 Å². The topological polar surface area (TPSA) is 51.2 Å². The largest absolute Gasteiger partial charge is 0.497 e. The van der Waals surface area contributed by atoms with E-state index in [1.54, 1.807) is 7.11 Å². The number of nitrogens with one attached hydrogen (secondary N) is 1. The number of hydrogen-bond acceptors (Lipinski definition) is 4. The van der Waals surface area contributed by atoms with E-state index in [0.29, 0.717) is 5.13 Å². The SMILES string of the molecule is COc1ccc2nc(NC(=O)C3(c4cccc(C)c4)CC3)sc2c1. The standard InChI is InChI=1S/C19H18N2O2S/c1-12-4-3-5-13(10-12)19(8-9-19)17(22)21-18-20-15-7-6-14(23-2)11-16(15)24-18/h3-7,10-11H,8-9H2,1-2H3,(H,20,21,22). The highest BCUT2D eigenvalue weighted by atomic mass is 32.1. The maximum Gasteiger partial charge on any atom is 0.236 e. The zero-order chi connectivity index (χ0) is 16.7. The number of thiazole rings is 1. The molecule has 1 aliphatic rings. The van der Waals surface area contributed by atoms with Crippen LogP contribution in [0, 0.1) is 6.92 Å². The van der Waals surface area contributed by atoms with Gasteiger partial charge in [0.1, 0.15) is 5.75 Å². The minimum absolute atomic E-state index is 0.0409. The molecule has 0 unspecified atom stereocenters. The number of anilines is 1. The Bertz CT molecular complexity index is 928. The van der Waals surface area contributed by atoms with Crippen molar-refractivity contribution in [1.82, 2.24) is 4.98 Å². The van der Waals surface area contributed by atoms with Crippen molar-refractivity contribution in [2.45, 2.75) is 25.2 Å². The maximum absolute atomic E-state index is 12.8. The van der Waals surface area contributed by atoms with E-state index in [0.717, 1.165) is 34.4 Å². The van der Waals surface area contributed by atoms with Crippen molar-refractivity contribution in [2.24, 2.45) is 0 Å². The van der Waals surface area contributed by atoms with Crippen LogP contribution in [0.2, 0.25) is 0 Å². The Morgan fingerprint density at radius 3 is 2.79 bits per heavy atom. The van der Waals surface area contributed by atoms with Gasteiger partial charge in [-0.2, -0.15) is 0 Å². The zero-order valence-corrected chi connectivity index (χ0v) is 14.4. The number of carbonyl (C=O) groups is 1. The van der Waals surface area contributed by atoms with Crippen molar-refractivity contribution in [3.05, 3.63) is 53.6 Å². The van der Waals surface area contributed by atoms with Gasteiger partial charge in [0.15, 0.2) is 5.13 Å². The van der Waals surface area contributed by atoms with Crippen LogP contribution in [0.1, 0.15) is 24.0 Å². The van der Waals surface area contributed by atoms with Gasteiger partial charge in [-0.25, -0.2) is 4.98 Å². The molecule has 1 fully saturated rings. The van der Waals surface area contributed by atoms with E-state index >= 15 is 0 Å². The summed E-state index contributed by atoms with van der Waals surface area (Å²) in [5.41, 5.74) is 2.76. The van der Waals surface area contributed by atoms with Crippen LogP contribution in [0.3, 0.4) is 0 Å².